The average Bonchev–Trinajstić information content (AvgIpc) is 3.53. The van der Waals surface area contributed by atoms with Crippen LogP contribution in [-0.2, 0) is 9.53 Å². The highest BCUT2D eigenvalue weighted by Crippen LogP contribution is 2.39. The van der Waals surface area contributed by atoms with Crippen LogP contribution in [0.25, 0.3) is 22.8 Å². The number of amides is 2. The summed E-state index contributed by atoms with van der Waals surface area (Å²) in [5.41, 5.74) is 6.43. The van der Waals surface area contributed by atoms with Crippen molar-refractivity contribution in [3.63, 3.8) is 0 Å². The molecule has 2 aliphatic heterocycles. The van der Waals surface area contributed by atoms with Crippen LogP contribution in [0.3, 0.4) is 0 Å². The Morgan fingerprint density at radius 3 is 2.55 bits per heavy atom. The van der Waals surface area contributed by atoms with Crippen LogP contribution >= 0.6 is 0 Å². The first kappa shape index (κ1) is 31.6. The van der Waals surface area contributed by atoms with Crippen molar-refractivity contribution in [1.29, 1.82) is 0 Å². The number of H-pyrrole nitrogens is 1. The number of fused-ring (bicyclic) bond motifs is 1. The van der Waals surface area contributed by atoms with Gasteiger partial charge < -0.3 is 35.3 Å². The summed E-state index contributed by atoms with van der Waals surface area (Å²) in [6.45, 7) is 12.9. The monoisotopic (exact) mass is 603 g/mol. The number of morpholine rings is 1. The highest BCUT2D eigenvalue weighted by Gasteiger charge is 2.29. The molecule has 2 amide bonds. The van der Waals surface area contributed by atoms with E-state index in [1.807, 2.05) is 13.8 Å². The van der Waals surface area contributed by atoms with E-state index in [4.69, 9.17) is 4.74 Å². The van der Waals surface area contributed by atoms with Crippen molar-refractivity contribution in [2.24, 2.45) is 0 Å². The van der Waals surface area contributed by atoms with Gasteiger partial charge in [0.1, 0.15) is 5.82 Å². The first-order chi connectivity index (χ1) is 21.2. The predicted molar refractivity (Wildman–Crippen MR) is 171 cm³/mol. The maximum Gasteiger partial charge on any atom is 0.256 e. The van der Waals surface area contributed by atoms with Crippen molar-refractivity contribution in [3.8, 4) is 11.1 Å². The minimum absolute atomic E-state index is 0.0946. The number of carbonyl (C=O) groups is 2. The second-order valence-corrected chi connectivity index (χ2v) is 11.4. The molecule has 3 heterocycles. The minimum Gasteiger partial charge on any atom is -0.390 e. The molecule has 44 heavy (non-hydrogen) atoms. The number of benzene rings is 2. The molecule has 1 fully saturated rings. The summed E-state index contributed by atoms with van der Waals surface area (Å²) in [7, 11) is 0. The molecule has 2 aliphatic rings. The maximum absolute atomic E-state index is 14.0. The van der Waals surface area contributed by atoms with E-state index in [1.165, 1.54) is 12.1 Å². The van der Waals surface area contributed by atoms with E-state index in [-0.39, 0.29) is 23.7 Å². The maximum atomic E-state index is 14.0. The van der Waals surface area contributed by atoms with Gasteiger partial charge >= 0.3 is 0 Å². The van der Waals surface area contributed by atoms with Gasteiger partial charge in [0, 0.05) is 66.0 Å². The Hall–Kier alpha value is -3.83. The summed E-state index contributed by atoms with van der Waals surface area (Å²) in [6.07, 6.45) is 1.27. The van der Waals surface area contributed by atoms with E-state index < -0.39 is 6.10 Å². The SMILES string of the molecule is CCN(CC)CC(O)CNC(C)c1c(C)[nH]c(/C=C2\C(=O)Nc3ccc(C(=O)N4CCOCC4)cc32)c1-c1ccc(F)cc1. The first-order valence-corrected chi connectivity index (χ1v) is 15.4. The van der Waals surface area contributed by atoms with E-state index in [1.54, 1.807) is 41.3 Å². The van der Waals surface area contributed by atoms with E-state index in [0.717, 1.165) is 35.5 Å². The van der Waals surface area contributed by atoms with Crippen LogP contribution in [0.1, 0.15) is 59.7 Å². The number of rotatable bonds is 11. The molecule has 3 aromatic rings. The van der Waals surface area contributed by atoms with Gasteiger partial charge in [0.15, 0.2) is 0 Å². The van der Waals surface area contributed by atoms with Gasteiger partial charge in [0.05, 0.1) is 24.9 Å². The van der Waals surface area contributed by atoms with Crippen LogP contribution in [0.5, 0.6) is 0 Å². The van der Waals surface area contributed by atoms with Crippen molar-refractivity contribution >= 4 is 29.2 Å². The third kappa shape index (κ3) is 6.78. The first-order valence-electron chi connectivity index (χ1n) is 15.4. The van der Waals surface area contributed by atoms with E-state index >= 15 is 0 Å². The zero-order valence-corrected chi connectivity index (χ0v) is 25.9. The second kappa shape index (κ2) is 13.9. The summed E-state index contributed by atoms with van der Waals surface area (Å²) in [4.78, 5) is 33.9. The number of anilines is 1. The van der Waals surface area contributed by atoms with Crippen molar-refractivity contribution in [3.05, 3.63) is 76.4 Å². The highest BCUT2D eigenvalue weighted by molar-refractivity contribution is 6.35. The summed E-state index contributed by atoms with van der Waals surface area (Å²) in [6, 6.07) is 11.4. The van der Waals surface area contributed by atoms with Crippen molar-refractivity contribution in [1.82, 2.24) is 20.1 Å². The molecule has 0 saturated carbocycles. The fraction of sp³-hybridized carbons (Fsp3) is 0.412. The summed E-state index contributed by atoms with van der Waals surface area (Å²) >= 11 is 0. The Labute approximate surface area is 258 Å². The molecule has 5 rings (SSSR count). The number of likely N-dealkylation sites (N-methyl/N-ethyl adjacent to an activating group) is 1. The third-order valence-electron chi connectivity index (χ3n) is 8.49. The van der Waals surface area contributed by atoms with Gasteiger partial charge in [-0.3, -0.25) is 9.59 Å². The minimum atomic E-state index is -0.541. The Morgan fingerprint density at radius 2 is 1.86 bits per heavy atom. The number of aliphatic hydroxyl groups excluding tert-OH is 1. The molecule has 4 N–H and O–H groups in total. The molecule has 0 bridgehead atoms. The number of carbonyl (C=O) groups excluding carboxylic acids is 2. The zero-order valence-electron chi connectivity index (χ0n) is 25.9. The normalized spacial score (nSPS) is 17.2. The van der Waals surface area contributed by atoms with Gasteiger partial charge in [0.2, 0.25) is 0 Å². The number of nitrogens with one attached hydrogen (secondary N) is 3. The van der Waals surface area contributed by atoms with Crippen LogP contribution in [0.15, 0.2) is 42.5 Å². The molecule has 2 unspecified atom stereocenters. The summed E-state index contributed by atoms with van der Waals surface area (Å²) in [5, 5.41) is 17.1. The van der Waals surface area contributed by atoms with Gasteiger partial charge in [-0.2, -0.15) is 0 Å². The lowest BCUT2D eigenvalue weighted by atomic mass is 9.94. The second-order valence-electron chi connectivity index (χ2n) is 11.4. The van der Waals surface area contributed by atoms with E-state index in [0.29, 0.717) is 67.5 Å². The molecule has 1 aromatic heterocycles. The molecule has 234 valence electrons. The highest BCUT2D eigenvalue weighted by atomic mass is 19.1. The predicted octanol–water partition coefficient (Wildman–Crippen LogP) is 4.45. The number of hydrogen-bond donors (Lipinski definition) is 4. The molecule has 0 spiro atoms. The van der Waals surface area contributed by atoms with Crippen LogP contribution in [0.2, 0.25) is 0 Å². The summed E-state index contributed by atoms with van der Waals surface area (Å²) in [5.74, 6) is -0.696. The van der Waals surface area contributed by atoms with Gasteiger partial charge in [-0.25, -0.2) is 4.39 Å². The number of ether oxygens (including phenoxy) is 1. The van der Waals surface area contributed by atoms with Gasteiger partial charge in [-0.15, -0.1) is 0 Å². The number of aromatic amines is 1. The van der Waals surface area contributed by atoms with Gasteiger partial charge in [-0.1, -0.05) is 26.0 Å². The van der Waals surface area contributed by atoms with Crippen LogP contribution in [0.4, 0.5) is 10.1 Å². The van der Waals surface area contributed by atoms with Gasteiger partial charge in [-0.05, 0) is 74.5 Å². The lowest BCUT2D eigenvalue weighted by molar-refractivity contribution is -0.110. The molecule has 0 aliphatic carbocycles. The van der Waals surface area contributed by atoms with Crippen LogP contribution < -0.4 is 10.6 Å². The molecule has 0 radical (unpaired) electrons. The number of aromatic nitrogens is 1. The van der Waals surface area contributed by atoms with Crippen LogP contribution in [0, 0.1) is 12.7 Å². The Balaban J connectivity index is 1.50. The number of halogens is 1. The van der Waals surface area contributed by atoms with Crippen molar-refractivity contribution in [2.45, 2.75) is 39.8 Å². The van der Waals surface area contributed by atoms with Crippen molar-refractivity contribution in [2.75, 3.05) is 57.8 Å². The molecule has 1 saturated heterocycles. The standard InChI is InChI=1S/C34H42FN5O4/c1-5-39(6-2)20-26(41)19-36-21(3)31-22(4)37-30(32(31)23-7-10-25(35)11-8-23)18-28-27-17-24(9-12-29(27)38-33(28)42)34(43)40-13-15-44-16-14-40/h7-12,17-18,21,26,36-37,41H,5-6,13-16,19-20H2,1-4H3,(H,38,42)/b28-18-. The average molecular weight is 604 g/mol. The molecular weight excluding hydrogens is 561 g/mol. The molecule has 2 atom stereocenters. The largest absolute Gasteiger partial charge is 0.390 e. The lowest BCUT2D eigenvalue weighted by Crippen LogP contribution is -2.40. The number of hydrogen-bond acceptors (Lipinski definition) is 6. The summed E-state index contributed by atoms with van der Waals surface area (Å²) < 4.78 is 19.4. The van der Waals surface area contributed by atoms with E-state index in [9.17, 15) is 19.1 Å². The quantitative estimate of drug-likeness (QED) is 0.241. The number of nitrogens with zero attached hydrogens (tertiary/aromatic N) is 2. The molecule has 9 nitrogen and oxygen atoms in total. The molecular formula is C34H42FN5O4. The smallest absolute Gasteiger partial charge is 0.256 e. The number of aliphatic hydroxyl groups is 1. The van der Waals surface area contributed by atoms with E-state index in [2.05, 4.69) is 34.4 Å². The lowest BCUT2D eigenvalue weighted by Gasteiger charge is -2.27. The Kier molecular flexibility index (Phi) is 9.95. The zero-order chi connectivity index (χ0) is 31.4. The molecule has 2 aromatic carbocycles. The Bertz CT molecular complexity index is 1520. The molecule has 10 heteroatoms. The number of aryl methyl sites for hydroxylation is 1. The van der Waals surface area contributed by atoms with Gasteiger partial charge in [0.25, 0.3) is 11.8 Å². The van der Waals surface area contributed by atoms with Crippen molar-refractivity contribution < 1.29 is 23.8 Å². The van der Waals surface area contributed by atoms with Crippen LogP contribution in [-0.4, -0.2) is 90.3 Å². The Morgan fingerprint density at radius 1 is 1.16 bits per heavy atom. The fourth-order valence-corrected chi connectivity index (χ4v) is 6.06. The fourth-order valence-electron chi connectivity index (χ4n) is 6.06. The third-order valence-corrected chi connectivity index (χ3v) is 8.49. The topological polar surface area (TPSA) is 110 Å².